The summed E-state index contributed by atoms with van der Waals surface area (Å²) in [7, 11) is 0. The first-order chi connectivity index (χ1) is 11.8. The molecule has 0 bridgehead atoms. The second kappa shape index (κ2) is 18.7. The lowest BCUT2D eigenvalue weighted by Gasteiger charge is -2.02. The first kappa shape index (κ1) is 28.2. The molecule has 1 aromatic rings. The molecular weight excluding hydrogens is 326 g/mol. The highest BCUT2D eigenvalue weighted by atomic mass is 35.5. The summed E-state index contributed by atoms with van der Waals surface area (Å²) in [5.74, 6) is 0. The Balaban J connectivity index is -0.000000324. The lowest BCUT2D eigenvalue weighted by atomic mass is 10.0. The van der Waals surface area contributed by atoms with Crippen LogP contribution in [0.4, 0.5) is 0 Å². The highest BCUT2D eigenvalue weighted by Crippen LogP contribution is 2.14. The third-order valence-electron chi connectivity index (χ3n) is 2.67. The molecular formula is C23H38ClN. The first-order valence-electron chi connectivity index (χ1n) is 9.01. The maximum Gasteiger partial charge on any atom is 0.122 e. The molecule has 0 aliphatic rings. The number of nitrogens with zero attached hydrogens (tertiary/aromatic N) is 1. The molecule has 1 rings (SSSR count). The molecule has 25 heavy (non-hydrogen) atoms. The van der Waals surface area contributed by atoms with E-state index in [4.69, 9.17) is 11.6 Å². The number of hydrogen-bond donors (Lipinski definition) is 0. The summed E-state index contributed by atoms with van der Waals surface area (Å²) >= 11 is 5.44. The molecule has 0 heterocycles. The third-order valence-corrected chi connectivity index (χ3v) is 2.76. The number of hydrogen-bond acceptors (Lipinski definition) is 1. The highest BCUT2D eigenvalue weighted by molar-refractivity contribution is 6.29. The van der Waals surface area contributed by atoms with Crippen LogP contribution in [0.3, 0.4) is 0 Å². The molecule has 0 aromatic heterocycles. The number of aryl methyl sites for hydroxylation is 2. The minimum Gasteiger partial charge on any atom is -0.242 e. The molecule has 1 aromatic carbocycles. The van der Waals surface area contributed by atoms with Gasteiger partial charge in [0.05, 0.1) is 0 Å². The Labute approximate surface area is 162 Å². The lowest BCUT2D eigenvalue weighted by Crippen LogP contribution is -1.84. The van der Waals surface area contributed by atoms with Crippen molar-refractivity contribution in [2.75, 3.05) is 0 Å². The van der Waals surface area contributed by atoms with E-state index in [1.807, 2.05) is 61.5 Å². The normalized spacial score (nSPS) is 9.64. The van der Waals surface area contributed by atoms with Crippen LogP contribution in [0.1, 0.15) is 72.1 Å². The van der Waals surface area contributed by atoms with Crippen molar-refractivity contribution in [3.63, 3.8) is 0 Å². The van der Waals surface area contributed by atoms with Gasteiger partial charge < -0.3 is 0 Å². The van der Waals surface area contributed by atoms with Crippen LogP contribution in [0, 0.1) is 13.8 Å². The number of rotatable bonds is 3. The minimum atomic E-state index is 0.329. The van der Waals surface area contributed by atoms with Gasteiger partial charge >= 0.3 is 0 Å². The van der Waals surface area contributed by atoms with Crippen molar-refractivity contribution in [1.29, 1.82) is 0 Å². The van der Waals surface area contributed by atoms with Crippen LogP contribution in [-0.4, -0.2) is 5.71 Å². The Hall–Kier alpha value is -1.60. The lowest BCUT2D eigenvalue weighted by molar-refractivity contribution is 1.35. The predicted molar refractivity (Wildman–Crippen MR) is 121 cm³/mol. The minimum absolute atomic E-state index is 0.329. The van der Waals surface area contributed by atoms with E-state index in [2.05, 4.69) is 55.8 Å². The summed E-state index contributed by atoms with van der Waals surface area (Å²) in [5.41, 5.74) is 6.15. The molecule has 0 N–H and O–H groups in total. The maximum atomic E-state index is 5.44. The van der Waals surface area contributed by atoms with E-state index in [0.717, 1.165) is 5.71 Å². The Morgan fingerprint density at radius 1 is 1.00 bits per heavy atom. The standard InChI is InChI=1S/C11H14.C8H12ClN.2C2H6/c1-4-6-11-9(2)7-5-8-10(11)3;1-6(2)5-7(3)10-8(4)9;2*1-2/h4-8H,1-3H3;5H,4H2,1-3H3;2*1-2H3/b6-4-;10-7-;;. The predicted octanol–water partition coefficient (Wildman–Crippen LogP) is 8.51. The molecule has 142 valence electrons. The van der Waals surface area contributed by atoms with E-state index in [0.29, 0.717) is 5.16 Å². The average molecular weight is 364 g/mol. The van der Waals surface area contributed by atoms with Gasteiger partial charge in [0, 0.05) is 5.71 Å². The molecule has 0 amide bonds. The summed E-state index contributed by atoms with van der Waals surface area (Å²) in [5, 5.41) is 0.329. The number of allylic oxidation sites excluding steroid dienone is 3. The molecule has 0 atom stereocenters. The summed E-state index contributed by atoms with van der Waals surface area (Å²) < 4.78 is 0. The van der Waals surface area contributed by atoms with Gasteiger partial charge in [-0.3, -0.25) is 0 Å². The second-order valence-electron chi connectivity index (χ2n) is 5.16. The van der Waals surface area contributed by atoms with Crippen LogP contribution >= 0.6 is 11.6 Å². The van der Waals surface area contributed by atoms with Gasteiger partial charge in [-0.05, 0) is 64.3 Å². The largest absolute Gasteiger partial charge is 0.242 e. The highest BCUT2D eigenvalue weighted by Gasteiger charge is 1.95. The van der Waals surface area contributed by atoms with E-state index >= 15 is 0 Å². The summed E-state index contributed by atoms with van der Waals surface area (Å²) in [6.07, 6.45) is 6.19. The van der Waals surface area contributed by atoms with E-state index in [-0.39, 0.29) is 0 Å². The van der Waals surface area contributed by atoms with Crippen LogP contribution in [0.5, 0.6) is 0 Å². The molecule has 0 aliphatic heterocycles. The number of aliphatic imine (C=N–C) groups is 1. The first-order valence-corrected chi connectivity index (χ1v) is 9.39. The van der Waals surface area contributed by atoms with E-state index in [1.165, 1.54) is 22.3 Å². The quantitative estimate of drug-likeness (QED) is 0.377. The van der Waals surface area contributed by atoms with Crippen molar-refractivity contribution in [1.82, 2.24) is 0 Å². The molecule has 2 heteroatoms. The van der Waals surface area contributed by atoms with E-state index in [1.54, 1.807) is 0 Å². The van der Waals surface area contributed by atoms with Crippen molar-refractivity contribution in [3.05, 3.63) is 64.3 Å². The second-order valence-corrected chi connectivity index (χ2v) is 5.59. The molecule has 0 aliphatic carbocycles. The number of halogens is 1. The Kier molecular flexibility index (Phi) is 21.1. The monoisotopic (exact) mass is 363 g/mol. The van der Waals surface area contributed by atoms with Crippen LogP contribution in [-0.2, 0) is 0 Å². The van der Waals surface area contributed by atoms with Gasteiger partial charge in [0.2, 0.25) is 0 Å². The third kappa shape index (κ3) is 17.0. The van der Waals surface area contributed by atoms with Crippen LogP contribution in [0.25, 0.3) is 6.08 Å². The van der Waals surface area contributed by atoms with Crippen molar-refractivity contribution < 1.29 is 0 Å². The molecule has 0 fully saturated rings. The van der Waals surface area contributed by atoms with Gasteiger partial charge in [0.1, 0.15) is 5.16 Å². The van der Waals surface area contributed by atoms with Gasteiger partial charge in [-0.15, -0.1) is 0 Å². The van der Waals surface area contributed by atoms with Crippen molar-refractivity contribution in [2.45, 2.75) is 69.2 Å². The molecule has 1 nitrogen and oxygen atoms in total. The summed E-state index contributed by atoms with van der Waals surface area (Å²) in [4.78, 5) is 3.93. The maximum absolute atomic E-state index is 5.44. The Morgan fingerprint density at radius 2 is 1.44 bits per heavy atom. The molecule has 0 unspecified atom stereocenters. The van der Waals surface area contributed by atoms with Gasteiger partial charge in [0.15, 0.2) is 0 Å². The van der Waals surface area contributed by atoms with E-state index in [9.17, 15) is 0 Å². The zero-order valence-electron chi connectivity index (χ0n) is 18.0. The van der Waals surface area contributed by atoms with Crippen LogP contribution in [0.15, 0.2) is 52.7 Å². The fraction of sp³-hybridized carbons (Fsp3) is 0.435. The fourth-order valence-electron chi connectivity index (χ4n) is 1.90. The summed E-state index contributed by atoms with van der Waals surface area (Å²) in [6.45, 7) is 23.7. The Morgan fingerprint density at radius 3 is 1.76 bits per heavy atom. The molecule has 0 saturated heterocycles. The van der Waals surface area contributed by atoms with E-state index < -0.39 is 0 Å². The number of benzene rings is 1. The van der Waals surface area contributed by atoms with Gasteiger partial charge in [-0.1, -0.05) is 81.8 Å². The van der Waals surface area contributed by atoms with Crippen molar-refractivity contribution >= 4 is 23.4 Å². The average Bonchev–Trinajstić information content (AvgIpc) is 2.54. The zero-order valence-corrected chi connectivity index (χ0v) is 18.8. The van der Waals surface area contributed by atoms with Crippen LogP contribution < -0.4 is 0 Å². The topological polar surface area (TPSA) is 12.4 Å². The zero-order chi connectivity index (χ0) is 20.4. The molecule has 0 radical (unpaired) electrons. The van der Waals surface area contributed by atoms with Gasteiger partial charge in [-0.2, -0.15) is 0 Å². The van der Waals surface area contributed by atoms with Crippen molar-refractivity contribution in [3.8, 4) is 0 Å². The van der Waals surface area contributed by atoms with Crippen molar-refractivity contribution in [2.24, 2.45) is 4.99 Å². The van der Waals surface area contributed by atoms with Gasteiger partial charge in [0.25, 0.3) is 0 Å². The Bertz CT molecular complexity index is 539. The summed E-state index contributed by atoms with van der Waals surface area (Å²) in [6, 6.07) is 6.38. The smallest absolute Gasteiger partial charge is 0.122 e. The fourth-order valence-corrected chi connectivity index (χ4v) is 2.03. The SMILES string of the molecule is C/C=C\c1c(C)cccc1C.C=C(Cl)/N=C(/C)C=C(C)C.CC.CC. The van der Waals surface area contributed by atoms with Crippen LogP contribution in [0.2, 0.25) is 0 Å². The molecule has 0 spiro atoms. The molecule has 0 saturated carbocycles. The van der Waals surface area contributed by atoms with Gasteiger partial charge in [-0.25, -0.2) is 4.99 Å².